The van der Waals surface area contributed by atoms with Gasteiger partial charge in [0.25, 0.3) is 0 Å². The van der Waals surface area contributed by atoms with Crippen LogP contribution < -0.4 is 4.72 Å². The Morgan fingerprint density at radius 3 is 3.00 bits per heavy atom. The molecule has 0 saturated carbocycles. The van der Waals surface area contributed by atoms with E-state index in [1.165, 1.54) is 0 Å². The Morgan fingerprint density at radius 1 is 1.17 bits per heavy atom. The van der Waals surface area contributed by atoms with Crippen LogP contribution in [0.2, 0.25) is 0 Å². The molecule has 0 spiro atoms. The van der Waals surface area contributed by atoms with Crippen molar-refractivity contribution in [3.8, 4) is 0 Å². The van der Waals surface area contributed by atoms with Crippen LogP contribution in [0.25, 0.3) is 22.1 Å². The zero-order chi connectivity index (χ0) is 16.6. The van der Waals surface area contributed by atoms with Gasteiger partial charge in [-0.05, 0) is 36.2 Å². The molecule has 0 radical (unpaired) electrons. The monoisotopic (exact) mass is 359 g/mol. The zero-order valence-corrected chi connectivity index (χ0v) is 14.1. The number of nitrogens with zero attached hydrogens (tertiary/aromatic N) is 3. The van der Waals surface area contributed by atoms with E-state index in [4.69, 9.17) is 0 Å². The van der Waals surface area contributed by atoms with Crippen LogP contribution >= 0.6 is 11.7 Å². The highest BCUT2D eigenvalue weighted by atomic mass is 32.2. The normalized spacial score (nSPS) is 12.2. The molecule has 2 N–H and O–H groups in total. The third-order valence-corrected chi connectivity index (χ3v) is 5.80. The van der Waals surface area contributed by atoms with E-state index in [9.17, 15) is 8.42 Å². The van der Waals surface area contributed by atoms with Crippen molar-refractivity contribution in [1.29, 1.82) is 0 Å². The van der Waals surface area contributed by atoms with Crippen molar-refractivity contribution in [1.82, 2.24) is 23.4 Å². The molecule has 24 heavy (non-hydrogen) atoms. The molecule has 0 aliphatic carbocycles. The van der Waals surface area contributed by atoms with E-state index < -0.39 is 10.0 Å². The molecule has 0 saturated heterocycles. The van der Waals surface area contributed by atoms with Gasteiger partial charge in [-0.1, -0.05) is 6.07 Å². The highest BCUT2D eigenvalue weighted by Crippen LogP contribution is 2.21. The Morgan fingerprint density at radius 2 is 2.08 bits per heavy atom. The second-order valence-corrected chi connectivity index (χ2v) is 7.51. The van der Waals surface area contributed by atoms with E-state index in [1.54, 1.807) is 24.4 Å². The van der Waals surface area contributed by atoms with E-state index in [-0.39, 0.29) is 11.4 Å². The SMILES string of the molecule is O=S(=O)(NCCc1c[nH]c2ncccc12)c1cccc2nsnc12. The third-order valence-electron chi connectivity index (χ3n) is 3.76. The van der Waals surface area contributed by atoms with Gasteiger partial charge in [-0.15, -0.1) is 0 Å². The molecule has 4 aromatic rings. The Labute approximate surface area is 142 Å². The average molecular weight is 359 g/mol. The minimum Gasteiger partial charge on any atom is -0.346 e. The van der Waals surface area contributed by atoms with Crippen LogP contribution in [0.3, 0.4) is 0 Å². The summed E-state index contributed by atoms with van der Waals surface area (Å²) in [5, 5.41) is 1.00. The molecule has 0 fully saturated rings. The molecule has 0 amide bonds. The van der Waals surface area contributed by atoms with Gasteiger partial charge in [0.1, 0.15) is 21.6 Å². The molecule has 7 nitrogen and oxygen atoms in total. The summed E-state index contributed by atoms with van der Waals surface area (Å²) in [5.74, 6) is 0. The number of H-pyrrole nitrogens is 1. The molecular weight excluding hydrogens is 346 g/mol. The predicted octanol–water partition coefficient (Wildman–Crippen LogP) is 2.09. The van der Waals surface area contributed by atoms with Crippen LogP contribution in [0.15, 0.2) is 47.6 Å². The third kappa shape index (κ3) is 2.66. The number of hydrogen-bond donors (Lipinski definition) is 2. The lowest BCUT2D eigenvalue weighted by Crippen LogP contribution is -2.26. The van der Waals surface area contributed by atoms with Gasteiger partial charge < -0.3 is 4.98 Å². The molecule has 3 heterocycles. The van der Waals surface area contributed by atoms with Gasteiger partial charge in [-0.25, -0.2) is 18.1 Å². The van der Waals surface area contributed by atoms with Gasteiger partial charge in [-0.3, -0.25) is 0 Å². The first-order valence-corrected chi connectivity index (χ1v) is 9.48. The summed E-state index contributed by atoms with van der Waals surface area (Å²) in [6.07, 6.45) is 4.14. The quantitative estimate of drug-likeness (QED) is 0.568. The second-order valence-electron chi connectivity index (χ2n) is 5.25. The van der Waals surface area contributed by atoms with Crippen molar-refractivity contribution in [2.45, 2.75) is 11.3 Å². The number of pyridine rings is 1. The summed E-state index contributed by atoms with van der Waals surface area (Å²) in [6, 6.07) is 8.78. The maximum absolute atomic E-state index is 12.5. The topological polar surface area (TPSA) is 101 Å². The fraction of sp³-hybridized carbons (Fsp3) is 0.133. The van der Waals surface area contributed by atoms with Gasteiger partial charge in [0.05, 0.1) is 11.7 Å². The van der Waals surface area contributed by atoms with Crippen molar-refractivity contribution in [2.75, 3.05) is 6.54 Å². The molecule has 9 heteroatoms. The lowest BCUT2D eigenvalue weighted by Gasteiger charge is -2.06. The van der Waals surface area contributed by atoms with E-state index >= 15 is 0 Å². The molecule has 3 aromatic heterocycles. The molecule has 4 rings (SSSR count). The van der Waals surface area contributed by atoms with Gasteiger partial charge in [-0.2, -0.15) is 8.75 Å². The zero-order valence-electron chi connectivity index (χ0n) is 12.4. The number of benzene rings is 1. The molecular formula is C15H13N5O2S2. The maximum atomic E-state index is 12.5. The van der Waals surface area contributed by atoms with Crippen LogP contribution in [0.4, 0.5) is 0 Å². The number of nitrogens with one attached hydrogen (secondary N) is 2. The van der Waals surface area contributed by atoms with Crippen LogP contribution in [0.5, 0.6) is 0 Å². The van der Waals surface area contributed by atoms with Crippen molar-refractivity contribution in [2.24, 2.45) is 0 Å². The minimum atomic E-state index is -3.63. The Kier molecular flexibility index (Phi) is 3.75. The van der Waals surface area contributed by atoms with Crippen molar-refractivity contribution in [3.63, 3.8) is 0 Å². The summed E-state index contributed by atoms with van der Waals surface area (Å²) in [5.41, 5.74) is 2.82. The fourth-order valence-corrected chi connectivity index (χ4v) is 4.41. The lowest BCUT2D eigenvalue weighted by molar-refractivity contribution is 0.582. The van der Waals surface area contributed by atoms with E-state index in [0.717, 1.165) is 28.3 Å². The minimum absolute atomic E-state index is 0.161. The van der Waals surface area contributed by atoms with E-state index in [2.05, 4.69) is 23.4 Å². The molecule has 0 atom stereocenters. The van der Waals surface area contributed by atoms with Gasteiger partial charge in [0, 0.05) is 24.3 Å². The van der Waals surface area contributed by atoms with Crippen molar-refractivity contribution in [3.05, 3.63) is 48.3 Å². The largest absolute Gasteiger partial charge is 0.346 e. The number of sulfonamides is 1. The first kappa shape index (κ1) is 15.2. The molecule has 1 aromatic carbocycles. The number of hydrogen-bond acceptors (Lipinski definition) is 6. The Bertz CT molecular complexity index is 1120. The summed E-state index contributed by atoms with van der Waals surface area (Å²) >= 11 is 1.00. The fourth-order valence-electron chi connectivity index (χ4n) is 2.62. The first-order chi connectivity index (χ1) is 11.6. The lowest BCUT2D eigenvalue weighted by atomic mass is 10.2. The summed E-state index contributed by atoms with van der Waals surface area (Å²) < 4.78 is 35.9. The highest BCUT2D eigenvalue weighted by Gasteiger charge is 2.19. The Hall–Kier alpha value is -2.36. The second kappa shape index (κ2) is 5.93. The van der Waals surface area contributed by atoms with Gasteiger partial charge in [0.2, 0.25) is 10.0 Å². The van der Waals surface area contributed by atoms with Gasteiger partial charge in [0.15, 0.2) is 0 Å². The maximum Gasteiger partial charge on any atom is 0.242 e. The first-order valence-electron chi connectivity index (χ1n) is 7.27. The predicted molar refractivity (Wildman–Crippen MR) is 92.4 cm³/mol. The summed E-state index contributed by atoms with van der Waals surface area (Å²) in [4.78, 5) is 7.47. The van der Waals surface area contributed by atoms with E-state index in [0.29, 0.717) is 17.5 Å². The average Bonchev–Trinajstić information content (AvgIpc) is 3.21. The van der Waals surface area contributed by atoms with Gasteiger partial charge >= 0.3 is 0 Å². The van der Waals surface area contributed by atoms with Crippen LogP contribution in [-0.2, 0) is 16.4 Å². The summed E-state index contributed by atoms with van der Waals surface area (Å²) in [7, 11) is -3.63. The number of rotatable bonds is 5. The molecule has 0 aliphatic heterocycles. The standard InChI is InChI=1S/C15H13N5O2S2/c21-24(22,13-5-1-4-12-14(13)20-23-19-12)18-8-6-10-9-17-15-11(10)3-2-7-16-15/h1-5,7,9,18H,6,8H2,(H,16,17). The highest BCUT2D eigenvalue weighted by molar-refractivity contribution is 7.89. The Balaban J connectivity index is 1.54. The molecule has 0 aliphatic rings. The number of aromatic amines is 1. The summed E-state index contributed by atoms with van der Waals surface area (Å²) in [6.45, 7) is 0.290. The number of aromatic nitrogens is 4. The molecule has 0 unspecified atom stereocenters. The van der Waals surface area contributed by atoms with Crippen LogP contribution in [0, 0.1) is 0 Å². The molecule has 122 valence electrons. The van der Waals surface area contributed by atoms with Crippen molar-refractivity contribution < 1.29 is 8.42 Å². The van der Waals surface area contributed by atoms with Crippen molar-refractivity contribution >= 4 is 43.8 Å². The van der Waals surface area contributed by atoms with Crippen LogP contribution in [0.1, 0.15) is 5.56 Å². The van der Waals surface area contributed by atoms with Crippen LogP contribution in [-0.4, -0.2) is 33.7 Å². The van der Waals surface area contributed by atoms with E-state index in [1.807, 2.05) is 18.3 Å². The molecule has 0 bridgehead atoms. The smallest absolute Gasteiger partial charge is 0.242 e. The number of fused-ring (bicyclic) bond motifs is 2.